The number of ether oxygens (including phenoxy) is 3. The van der Waals surface area contributed by atoms with Crippen LogP contribution in [0.1, 0.15) is 19.3 Å². The van der Waals surface area contributed by atoms with Crippen molar-refractivity contribution in [2.24, 2.45) is 11.8 Å². The van der Waals surface area contributed by atoms with Crippen LogP contribution in [-0.2, 0) is 19.1 Å². The first-order valence-electron chi connectivity index (χ1n) is 11.4. The lowest BCUT2D eigenvalue weighted by molar-refractivity contribution is -0.193. The Morgan fingerprint density at radius 1 is 1.03 bits per heavy atom. The summed E-state index contributed by atoms with van der Waals surface area (Å²) in [5.74, 6) is -4.77. The third-order valence-corrected chi connectivity index (χ3v) is 6.07. The summed E-state index contributed by atoms with van der Waals surface area (Å²) in [5.41, 5.74) is -0.101. The molecule has 38 heavy (non-hydrogen) atoms. The first-order valence-corrected chi connectivity index (χ1v) is 11.4. The summed E-state index contributed by atoms with van der Waals surface area (Å²) in [4.78, 5) is 24.2. The van der Waals surface area contributed by atoms with E-state index in [1.807, 2.05) is 0 Å². The molecule has 1 atom stereocenters. The van der Waals surface area contributed by atoms with Gasteiger partial charge in [-0.3, -0.25) is 4.90 Å². The van der Waals surface area contributed by atoms with Crippen LogP contribution in [0.15, 0.2) is 18.3 Å². The lowest BCUT2D eigenvalue weighted by Gasteiger charge is -2.51. The van der Waals surface area contributed by atoms with Crippen LogP contribution in [0.4, 0.5) is 30.7 Å². The van der Waals surface area contributed by atoms with Gasteiger partial charge in [0, 0.05) is 51.6 Å². The minimum atomic E-state index is -5.08. The number of aromatic nitrogens is 1. The van der Waals surface area contributed by atoms with Crippen molar-refractivity contribution in [1.29, 1.82) is 0 Å². The topological polar surface area (TPSA) is 118 Å². The van der Waals surface area contributed by atoms with Crippen LogP contribution in [0.5, 0.6) is 5.88 Å². The van der Waals surface area contributed by atoms with Crippen molar-refractivity contribution in [2.45, 2.75) is 37.2 Å². The van der Waals surface area contributed by atoms with E-state index in [1.165, 1.54) is 6.07 Å². The molecule has 1 spiro atoms. The largest absolute Gasteiger partial charge is 0.490 e. The van der Waals surface area contributed by atoms with Gasteiger partial charge in [-0.05, 0) is 37.3 Å². The zero-order chi connectivity index (χ0) is 28.6. The van der Waals surface area contributed by atoms with Crippen molar-refractivity contribution in [3.05, 3.63) is 24.1 Å². The minimum Gasteiger partial charge on any atom is -0.475 e. The fourth-order valence-electron chi connectivity index (χ4n) is 4.16. The highest BCUT2D eigenvalue weighted by molar-refractivity contribution is 5.73. The molecule has 0 saturated carbocycles. The number of alkyl halides is 6. The Hall–Kier alpha value is -2.72. The molecule has 2 N–H and O–H groups in total. The highest BCUT2D eigenvalue weighted by Gasteiger charge is 2.53. The van der Waals surface area contributed by atoms with Gasteiger partial charge in [-0.1, -0.05) is 0 Å². The second-order valence-corrected chi connectivity index (χ2v) is 8.83. The molecule has 0 bridgehead atoms. The van der Waals surface area contributed by atoms with Crippen LogP contribution < -0.4 is 4.74 Å². The van der Waals surface area contributed by atoms with Crippen LogP contribution in [0.25, 0.3) is 0 Å². The van der Waals surface area contributed by atoms with Gasteiger partial charge < -0.3 is 24.4 Å². The molecular weight excluding hydrogens is 537 g/mol. The monoisotopic (exact) mass is 564 g/mol. The van der Waals surface area contributed by atoms with Crippen LogP contribution >= 0.6 is 0 Å². The molecule has 1 aromatic heterocycles. The molecule has 9 nitrogen and oxygen atoms in total. The van der Waals surface area contributed by atoms with E-state index in [0.717, 1.165) is 64.6 Å². The predicted octanol–water partition coefficient (Wildman–Crippen LogP) is 3.38. The molecule has 4 heterocycles. The number of carboxylic acids is 2. The van der Waals surface area contributed by atoms with Crippen LogP contribution in [0, 0.1) is 17.7 Å². The zero-order valence-electron chi connectivity index (χ0n) is 19.9. The van der Waals surface area contributed by atoms with E-state index in [-0.39, 0.29) is 11.5 Å². The smallest absolute Gasteiger partial charge is 0.475 e. The Kier molecular flexibility index (Phi) is 11.1. The average molecular weight is 564 g/mol. The number of rotatable bonds is 5. The van der Waals surface area contributed by atoms with Crippen molar-refractivity contribution in [3.8, 4) is 5.88 Å². The second-order valence-electron chi connectivity index (χ2n) is 8.83. The summed E-state index contributed by atoms with van der Waals surface area (Å²) in [7, 11) is 0. The van der Waals surface area contributed by atoms with Gasteiger partial charge in [-0.2, -0.15) is 26.3 Å². The minimum absolute atomic E-state index is 0.0953. The summed E-state index contributed by atoms with van der Waals surface area (Å²) < 4.78 is 94.2. The van der Waals surface area contributed by atoms with E-state index in [0.29, 0.717) is 12.5 Å². The van der Waals surface area contributed by atoms with Gasteiger partial charge in [0.15, 0.2) is 5.82 Å². The van der Waals surface area contributed by atoms with E-state index in [1.54, 1.807) is 12.3 Å². The number of carbonyl (C=O) groups is 2. The Morgan fingerprint density at radius 3 is 2.08 bits per heavy atom. The average Bonchev–Trinajstić information content (AvgIpc) is 3.22. The predicted molar refractivity (Wildman–Crippen MR) is 114 cm³/mol. The molecule has 3 aliphatic heterocycles. The molecule has 16 heteroatoms. The van der Waals surface area contributed by atoms with Gasteiger partial charge in [0.05, 0.1) is 12.2 Å². The first kappa shape index (κ1) is 31.5. The second kappa shape index (κ2) is 13.4. The molecule has 0 amide bonds. The Bertz CT molecular complexity index is 894. The fourth-order valence-corrected chi connectivity index (χ4v) is 4.16. The van der Waals surface area contributed by atoms with Crippen LogP contribution in [0.2, 0.25) is 0 Å². The van der Waals surface area contributed by atoms with Gasteiger partial charge in [0.2, 0.25) is 5.88 Å². The number of hydrogen-bond donors (Lipinski definition) is 2. The fraction of sp³-hybridized carbons (Fsp3) is 0.682. The SMILES string of the molecule is Fc1cccnc1OCC1CCOC12CN(CC1CCOCC1)C2.O=C(O)C(F)(F)F.O=C(O)C(F)(F)F. The maximum Gasteiger partial charge on any atom is 0.490 e. The molecule has 3 fully saturated rings. The third-order valence-electron chi connectivity index (χ3n) is 6.07. The van der Waals surface area contributed by atoms with Gasteiger partial charge >= 0.3 is 24.3 Å². The Morgan fingerprint density at radius 2 is 1.58 bits per heavy atom. The number of nitrogens with zero attached hydrogens (tertiary/aromatic N) is 2. The molecule has 216 valence electrons. The number of aliphatic carboxylic acids is 2. The molecule has 0 aromatic carbocycles. The standard InChI is InChI=1S/C18H25FN2O3.2C2HF3O2/c19-16-2-1-6-20-17(16)23-11-15-5-9-24-18(15)12-21(13-18)10-14-3-7-22-8-4-14;2*3-2(4,5)1(6)7/h1-2,6,14-15H,3-5,7-13H2;2*(H,6,7). The van der Waals surface area contributed by atoms with Crippen molar-refractivity contribution in [3.63, 3.8) is 0 Å². The Balaban J connectivity index is 0.000000301. The maximum absolute atomic E-state index is 13.6. The van der Waals surface area contributed by atoms with Crippen LogP contribution in [-0.4, -0.2) is 96.1 Å². The highest BCUT2D eigenvalue weighted by Crippen LogP contribution is 2.41. The highest BCUT2D eigenvalue weighted by atomic mass is 19.4. The van der Waals surface area contributed by atoms with Gasteiger partial charge in [0.1, 0.15) is 0 Å². The molecule has 1 aromatic rings. The molecule has 0 radical (unpaired) electrons. The summed E-state index contributed by atoms with van der Waals surface area (Å²) in [6.45, 7) is 6.09. The molecule has 1 unspecified atom stereocenters. The normalized spacial score (nSPS) is 21.4. The summed E-state index contributed by atoms with van der Waals surface area (Å²) in [6, 6.07) is 2.95. The Labute approximate surface area is 212 Å². The molecule has 0 aliphatic carbocycles. The quantitative estimate of drug-likeness (QED) is 0.519. The maximum atomic E-state index is 13.6. The summed E-state index contributed by atoms with van der Waals surface area (Å²) >= 11 is 0. The molecule has 4 rings (SSSR count). The van der Waals surface area contributed by atoms with Crippen molar-refractivity contribution in [2.75, 3.05) is 46.1 Å². The number of likely N-dealkylation sites (tertiary alicyclic amines) is 1. The van der Waals surface area contributed by atoms with Gasteiger partial charge in [0.25, 0.3) is 0 Å². The van der Waals surface area contributed by atoms with Crippen molar-refractivity contribution < 1.29 is 64.7 Å². The lowest BCUT2D eigenvalue weighted by atomic mass is 9.80. The van der Waals surface area contributed by atoms with E-state index >= 15 is 0 Å². The summed E-state index contributed by atoms with van der Waals surface area (Å²) in [5, 5.41) is 14.2. The number of hydrogen-bond acceptors (Lipinski definition) is 7. The lowest BCUT2D eigenvalue weighted by Crippen LogP contribution is -2.66. The van der Waals surface area contributed by atoms with Crippen molar-refractivity contribution in [1.82, 2.24) is 9.88 Å². The van der Waals surface area contributed by atoms with E-state index in [2.05, 4.69) is 9.88 Å². The first-order chi connectivity index (χ1) is 17.6. The molecular formula is C22H27F7N2O7. The number of halogens is 7. The summed E-state index contributed by atoms with van der Waals surface area (Å²) in [6.07, 6.45) is -5.32. The number of carboxylic acid groups (broad SMARTS) is 2. The molecule has 3 aliphatic rings. The van der Waals surface area contributed by atoms with E-state index < -0.39 is 30.1 Å². The van der Waals surface area contributed by atoms with Gasteiger partial charge in [-0.25, -0.2) is 19.0 Å². The third kappa shape index (κ3) is 9.54. The van der Waals surface area contributed by atoms with Crippen molar-refractivity contribution >= 4 is 11.9 Å². The van der Waals surface area contributed by atoms with E-state index in [4.69, 9.17) is 34.0 Å². The molecule has 3 saturated heterocycles. The van der Waals surface area contributed by atoms with Gasteiger partial charge in [-0.15, -0.1) is 0 Å². The number of pyridine rings is 1. The van der Waals surface area contributed by atoms with Crippen LogP contribution in [0.3, 0.4) is 0 Å². The van der Waals surface area contributed by atoms with E-state index in [9.17, 15) is 30.7 Å². The zero-order valence-corrected chi connectivity index (χ0v) is 19.9.